The topological polar surface area (TPSA) is 62.2 Å². The molecule has 0 aromatic carbocycles. The van der Waals surface area contributed by atoms with Gasteiger partial charge in [0.1, 0.15) is 5.01 Å². The Morgan fingerprint density at radius 2 is 2.09 bits per heavy atom. The van der Waals surface area contributed by atoms with Gasteiger partial charge >= 0.3 is 0 Å². The Bertz CT molecular complexity index is 578. The van der Waals surface area contributed by atoms with E-state index < -0.39 is 0 Å². The first-order valence-electron chi connectivity index (χ1n) is 7.04. The first kappa shape index (κ1) is 18.8. The Hall–Kier alpha value is -1.22. The zero-order valence-electron chi connectivity index (χ0n) is 13.1. The van der Waals surface area contributed by atoms with Gasteiger partial charge in [-0.25, -0.2) is 9.98 Å². The minimum Gasteiger partial charge on any atom is -0.357 e. The molecule has 0 fully saturated rings. The molecule has 0 aliphatic heterocycles. The molecule has 2 aromatic heterocycles. The largest absolute Gasteiger partial charge is 0.357 e. The van der Waals surface area contributed by atoms with Gasteiger partial charge in [0, 0.05) is 17.6 Å². The lowest BCUT2D eigenvalue weighted by atomic mass is 10.3. The van der Waals surface area contributed by atoms with Crippen molar-refractivity contribution >= 4 is 41.3 Å². The molecule has 0 unspecified atom stereocenters. The van der Waals surface area contributed by atoms with E-state index in [-0.39, 0.29) is 24.0 Å². The number of hydrogen-bond donors (Lipinski definition) is 2. The van der Waals surface area contributed by atoms with Crippen molar-refractivity contribution in [2.24, 2.45) is 4.99 Å². The number of nitrogens with one attached hydrogen (secondary N) is 2. The van der Waals surface area contributed by atoms with E-state index in [2.05, 4.69) is 39.4 Å². The highest BCUT2D eigenvalue weighted by Crippen LogP contribution is 2.15. The van der Waals surface area contributed by atoms with Crippen LogP contribution < -0.4 is 10.6 Å². The molecule has 120 valence electrons. The predicted molar refractivity (Wildman–Crippen MR) is 103 cm³/mol. The fourth-order valence-electron chi connectivity index (χ4n) is 1.77. The summed E-state index contributed by atoms with van der Waals surface area (Å²) in [4.78, 5) is 14.6. The van der Waals surface area contributed by atoms with Crippen molar-refractivity contribution < 1.29 is 0 Å². The normalized spacial score (nSPS) is 11.0. The summed E-state index contributed by atoms with van der Waals surface area (Å²) in [5, 5.41) is 7.62. The van der Waals surface area contributed by atoms with Gasteiger partial charge in [0.05, 0.1) is 24.5 Å². The Morgan fingerprint density at radius 3 is 2.68 bits per heavy atom. The molecule has 0 bridgehead atoms. The fraction of sp³-hybridized carbons (Fsp3) is 0.400. The Kier molecular flexibility index (Phi) is 8.32. The maximum Gasteiger partial charge on any atom is 0.191 e. The van der Waals surface area contributed by atoms with Gasteiger partial charge in [0.2, 0.25) is 0 Å². The van der Waals surface area contributed by atoms with Crippen LogP contribution in [-0.4, -0.2) is 22.5 Å². The second kappa shape index (κ2) is 9.73. The van der Waals surface area contributed by atoms with Crippen LogP contribution >= 0.6 is 35.3 Å². The van der Waals surface area contributed by atoms with E-state index in [0.717, 1.165) is 28.9 Å². The van der Waals surface area contributed by atoms with Gasteiger partial charge in [-0.1, -0.05) is 6.07 Å². The highest BCUT2D eigenvalue weighted by molar-refractivity contribution is 14.0. The predicted octanol–water partition coefficient (Wildman–Crippen LogP) is 3.03. The minimum atomic E-state index is 0. The van der Waals surface area contributed by atoms with Gasteiger partial charge in [0.25, 0.3) is 0 Å². The number of nitrogens with zero attached hydrogens (tertiary/aromatic N) is 3. The van der Waals surface area contributed by atoms with Crippen molar-refractivity contribution in [3.63, 3.8) is 0 Å². The molecule has 0 aliphatic carbocycles. The molecular formula is C15H22IN5S. The van der Waals surface area contributed by atoms with E-state index in [1.54, 1.807) is 17.5 Å². The van der Waals surface area contributed by atoms with Crippen LogP contribution in [0, 0.1) is 13.8 Å². The summed E-state index contributed by atoms with van der Waals surface area (Å²) in [5.74, 6) is 0.786. The van der Waals surface area contributed by atoms with Crippen molar-refractivity contribution in [1.29, 1.82) is 0 Å². The number of rotatable bonds is 5. The quantitative estimate of drug-likeness (QED) is 0.434. The highest BCUT2D eigenvalue weighted by Gasteiger charge is 2.04. The maximum absolute atomic E-state index is 4.54. The molecular weight excluding hydrogens is 409 g/mol. The van der Waals surface area contributed by atoms with Crippen molar-refractivity contribution in [2.45, 2.75) is 33.9 Å². The molecule has 0 aliphatic rings. The van der Waals surface area contributed by atoms with E-state index in [1.165, 1.54) is 4.88 Å². The summed E-state index contributed by atoms with van der Waals surface area (Å²) >= 11 is 1.72. The van der Waals surface area contributed by atoms with Crippen LogP contribution in [0.2, 0.25) is 0 Å². The van der Waals surface area contributed by atoms with Crippen LogP contribution in [0.4, 0.5) is 0 Å². The summed E-state index contributed by atoms with van der Waals surface area (Å²) < 4.78 is 0. The molecule has 0 radical (unpaired) electrons. The molecule has 22 heavy (non-hydrogen) atoms. The van der Waals surface area contributed by atoms with Crippen molar-refractivity contribution in [3.05, 3.63) is 45.7 Å². The lowest BCUT2D eigenvalue weighted by Gasteiger charge is -2.09. The highest BCUT2D eigenvalue weighted by atomic mass is 127. The smallest absolute Gasteiger partial charge is 0.191 e. The molecule has 2 heterocycles. The van der Waals surface area contributed by atoms with Gasteiger partial charge < -0.3 is 10.6 Å². The number of halogens is 1. The molecule has 0 spiro atoms. The third kappa shape index (κ3) is 5.88. The van der Waals surface area contributed by atoms with E-state index in [4.69, 9.17) is 0 Å². The van der Waals surface area contributed by atoms with Gasteiger partial charge in [-0.05, 0) is 32.9 Å². The second-order valence-electron chi connectivity index (χ2n) is 4.62. The number of aryl methyl sites for hydroxylation is 2. The summed E-state index contributed by atoms with van der Waals surface area (Å²) in [6.07, 6.45) is 1.78. The third-order valence-corrected chi connectivity index (χ3v) is 4.02. The number of aliphatic imine (C=N–C) groups is 1. The first-order chi connectivity index (χ1) is 10.2. The number of aromatic nitrogens is 2. The first-order valence-corrected chi connectivity index (χ1v) is 7.85. The van der Waals surface area contributed by atoms with E-state index in [1.807, 2.05) is 25.1 Å². The lowest BCUT2D eigenvalue weighted by molar-refractivity contribution is 0.806. The van der Waals surface area contributed by atoms with Crippen LogP contribution in [-0.2, 0) is 13.1 Å². The van der Waals surface area contributed by atoms with E-state index in [0.29, 0.717) is 13.1 Å². The van der Waals surface area contributed by atoms with Crippen LogP contribution in [0.1, 0.15) is 28.2 Å². The average molecular weight is 431 g/mol. The summed E-state index contributed by atoms with van der Waals surface area (Å²) in [6.45, 7) is 8.26. The Morgan fingerprint density at radius 1 is 1.27 bits per heavy atom. The SMILES string of the molecule is CCNC(=NCc1ccccn1)NCc1nc(C)c(C)s1.I. The number of thiazole rings is 1. The molecule has 2 aromatic rings. The molecule has 5 nitrogen and oxygen atoms in total. The summed E-state index contributed by atoms with van der Waals surface area (Å²) in [6, 6.07) is 5.85. The molecule has 2 N–H and O–H groups in total. The van der Waals surface area contributed by atoms with E-state index in [9.17, 15) is 0 Å². The van der Waals surface area contributed by atoms with Gasteiger partial charge in [-0.2, -0.15) is 0 Å². The maximum atomic E-state index is 4.54. The molecule has 0 amide bonds. The Labute approximate surface area is 152 Å². The van der Waals surface area contributed by atoms with Crippen LogP contribution in [0.25, 0.3) is 0 Å². The second-order valence-corrected chi connectivity index (χ2v) is 5.91. The van der Waals surface area contributed by atoms with Gasteiger partial charge in [0.15, 0.2) is 5.96 Å². The van der Waals surface area contributed by atoms with Crippen LogP contribution in [0.15, 0.2) is 29.4 Å². The van der Waals surface area contributed by atoms with Crippen molar-refractivity contribution in [3.8, 4) is 0 Å². The fourth-order valence-corrected chi connectivity index (χ4v) is 2.64. The standard InChI is InChI=1S/C15H21N5S.HI/c1-4-16-15(18-9-13-7-5-6-8-17-13)19-10-14-20-11(2)12(3)21-14;/h5-8H,4,9-10H2,1-3H3,(H2,16,18,19);1H. The molecule has 7 heteroatoms. The average Bonchev–Trinajstić information content (AvgIpc) is 2.82. The van der Waals surface area contributed by atoms with Gasteiger partial charge in [-0.15, -0.1) is 35.3 Å². The Balaban J connectivity index is 0.00000242. The molecule has 2 rings (SSSR count). The third-order valence-electron chi connectivity index (χ3n) is 2.95. The minimum absolute atomic E-state index is 0. The zero-order chi connectivity index (χ0) is 15.1. The number of guanidine groups is 1. The molecule has 0 saturated carbocycles. The summed E-state index contributed by atoms with van der Waals surface area (Å²) in [5.41, 5.74) is 2.06. The number of pyridine rings is 1. The lowest BCUT2D eigenvalue weighted by Crippen LogP contribution is -2.36. The monoisotopic (exact) mass is 431 g/mol. The van der Waals surface area contributed by atoms with Crippen molar-refractivity contribution in [1.82, 2.24) is 20.6 Å². The zero-order valence-corrected chi connectivity index (χ0v) is 16.2. The van der Waals surface area contributed by atoms with Crippen LogP contribution in [0.5, 0.6) is 0 Å². The molecule has 0 saturated heterocycles. The van der Waals surface area contributed by atoms with Crippen molar-refractivity contribution in [2.75, 3.05) is 6.54 Å². The van der Waals surface area contributed by atoms with Crippen LogP contribution in [0.3, 0.4) is 0 Å². The van der Waals surface area contributed by atoms with E-state index >= 15 is 0 Å². The van der Waals surface area contributed by atoms with Gasteiger partial charge in [-0.3, -0.25) is 4.98 Å². The number of hydrogen-bond acceptors (Lipinski definition) is 4. The molecule has 0 atom stereocenters. The summed E-state index contributed by atoms with van der Waals surface area (Å²) in [7, 11) is 0.